The predicted molar refractivity (Wildman–Crippen MR) is 130 cm³/mol. The van der Waals surface area contributed by atoms with Crippen LogP contribution < -0.4 is 0 Å². The molecule has 1 N–H and O–H groups in total. The van der Waals surface area contributed by atoms with Crippen molar-refractivity contribution in [1.29, 1.82) is 0 Å². The largest absolute Gasteiger partial charge is 0.383 e. The van der Waals surface area contributed by atoms with Crippen molar-refractivity contribution in [3.63, 3.8) is 0 Å². The van der Waals surface area contributed by atoms with Crippen LogP contribution in [0, 0.1) is 5.92 Å². The Hall–Kier alpha value is -2.70. The van der Waals surface area contributed by atoms with Gasteiger partial charge in [0.2, 0.25) is 5.91 Å². The molecule has 0 saturated carbocycles. The summed E-state index contributed by atoms with van der Waals surface area (Å²) in [6.45, 7) is 4.23. The predicted octanol–water partition coefficient (Wildman–Crippen LogP) is 3.46. The summed E-state index contributed by atoms with van der Waals surface area (Å²) in [6.07, 6.45) is 5.04. The summed E-state index contributed by atoms with van der Waals surface area (Å²) in [5.41, 5.74) is 4.82. The van der Waals surface area contributed by atoms with Crippen LogP contribution in [0.15, 0.2) is 48.5 Å². The maximum Gasteiger partial charge on any atom is 0.228 e. The zero-order valence-electron chi connectivity index (χ0n) is 19.5. The van der Waals surface area contributed by atoms with Crippen molar-refractivity contribution in [2.24, 2.45) is 5.92 Å². The van der Waals surface area contributed by atoms with Gasteiger partial charge >= 0.3 is 0 Å². The molecule has 1 aromatic heterocycles. The number of hydrogen-bond acceptors (Lipinski definition) is 4. The average Bonchev–Trinajstić information content (AvgIpc) is 3.46. The fraction of sp³-hybridized carbons (Fsp3) is 0.481. The van der Waals surface area contributed by atoms with E-state index < -0.39 is 0 Å². The van der Waals surface area contributed by atoms with E-state index in [1.54, 1.807) is 7.11 Å². The number of para-hydroxylation sites is 1. The maximum absolute atomic E-state index is 13.3. The number of ether oxygens (including phenoxy) is 1. The van der Waals surface area contributed by atoms with Crippen molar-refractivity contribution in [2.45, 2.75) is 38.1 Å². The van der Waals surface area contributed by atoms with Crippen molar-refractivity contribution >= 4 is 16.8 Å². The number of likely N-dealkylation sites (tertiary alicyclic amines) is 1. The average molecular weight is 447 g/mol. The molecule has 6 heteroatoms. The smallest absolute Gasteiger partial charge is 0.228 e. The molecule has 2 aromatic carbocycles. The number of H-pyrrole nitrogens is 1. The summed E-state index contributed by atoms with van der Waals surface area (Å²) in [7, 11) is 1.70. The Labute approximate surface area is 195 Å². The minimum atomic E-state index is 0.145. The lowest BCUT2D eigenvalue weighted by Crippen LogP contribution is -2.47. The number of nitrogens with zero attached hydrogens (tertiary/aromatic N) is 3. The topological polar surface area (TPSA) is 61.5 Å². The number of rotatable bonds is 8. The highest BCUT2D eigenvalue weighted by atomic mass is 16.5. The van der Waals surface area contributed by atoms with Crippen LogP contribution in [0.4, 0.5) is 0 Å². The van der Waals surface area contributed by atoms with E-state index in [2.05, 4.69) is 39.4 Å². The van der Waals surface area contributed by atoms with E-state index in [1.165, 1.54) is 30.5 Å². The molecule has 1 aliphatic heterocycles. The van der Waals surface area contributed by atoms with Crippen LogP contribution in [-0.4, -0.2) is 71.8 Å². The van der Waals surface area contributed by atoms with Gasteiger partial charge in [0.15, 0.2) is 0 Å². The van der Waals surface area contributed by atoms with E-state index in [-0.39, 0.29) is 5.91 Å². The minimum Gasteiger partial charge on any atom is -0.383 e. The van der Waals surface area contributed by atoms with E-state index in [0.717, 1.165) is 42.5 Å². The quantitative estimate of drug-likeness (QED) is 0.576. The van der Waals surface area contributed by atoms with Gasteiger partial charge in [0, 0.05) is 38.2 Å². The number of nitrogens with one attached hydrogen (secondary N) is 1. The van der Waals surface area contributed by atoms with Crippen LogP contribution in [-0.2, 0) is 28.8 Å². The van der Waals surface area contributed by atoms with E-state index in [0.29, 0.717) is 31.5 Å². The summed E-state index contributed by atoms with van der Waals surface area (Å²) in [4.78, 5) is 18.0. The third kappa shape index (κ3) is 4.97. The Kier molecular flexibility index (Phi) is 6.74. The molecule has 174 valence electrons. The Bertz CT molecular complexity index is 1070. The van der Waals surface area contributed by atoms with E-state index in [4.69, 9.17) is 4.74 Å². The van der Waals surface area contributed by atoms with Crippen LogP contribution in [0.3, 0.4) is 0 Å². The molecule has 5 rings (SSSR count). The van der Waals surface area contributed by atoms with Crippen molar-refractivity contribution in [2.75, 3.05) is 39.9 Å². The van der Waals surface area contributed by atoms with Crippen molar-refractivity contribution in [3.05, 3.63) is 65.4 Å². The number of aromatic amines is 1. The number of benzene rings is 2. The molecule has 3 aromatic rings. The summed E-state index contributed by atoms with van der Waals surface area (Å²) in [5, 5.41) is 8.46. The highest BCUT2D eigenvalue weighted by Crippen LogP contribution is 2.29. The second-order valence-corrected chi connectivity index (χ2v) is 9.56. The molecule has 6 nitrogen and oxygen atoms in total. The fourth-order valence-electron chi connectivity index (χ4n) is 5.61. The first-order valence-corrected chi connectivity index (χ1v) is 12.2. The number of carbonyl (C=O) groups is 1. The van der Waals surface area contributed by atoms with Crippen LogP contribution >= 0.6 is 0 Å². The third-order valence-electron chi connectivity index (χ3n) is 7.36. The van der Waals surface area contributed by atoms with Crippen LogP contribution in [0.2, 0.25) is 0 Å². The molecular formula is C27H34N4O2. The molecule has 0 unspecified atom stereocenters. The zero-order chi connectivity index (χ0) is 22.6. The zero-order valence-corrected chi connectivity index (χ0v) is 19.5. The standard InChI is InChI=1S/C27H34N4O2/c1-33-14-13-31(27(32)17-26-24-10-4-5-11-25(24)28-29-26)19-20-7-6-12-30(18-20)23-15-21-8-2-3-9-22(21)16-23/h2-5,8-11,20,23H,6-7,12-19H2,1H3,(H,28,29)/t20-/m0/s1. The summed E-state index contributed by atoms with van der Waals surface area (Å²) < 4.78 is 5.33. The van der Waals surface area contributed by atoms with Gasteiger partial charge in [-0.1, -0.05) is 42.5 Å². The molecule has 0 spiro atoms. The molecule has 1 amide bonds. The summed E-state index contributed by atoms with van der Waals surface area (Å²) >= 11 is 0. The van der Waals surface area contributed by atoms with Gasteiger partial charge in [-0.2, -0.15) is 5.10 Å². The summed E-state index contributed by atoms with van der Waals surface area (Å²) in [5.74, 6) is 0.647. The van der Waals surface area contributed by atoms with Crippen LogP contribution in [0.25, 0.3) is 10.9 Å². The first-order chi connectivity index (χ1) is 16.2. The van der Waals surface area contributed by atoms with E-state index in [9.17, 15) is 4.79 Å². The van der Waals surface area contributed by atoms with Gasteiger partial charge < -0.3 is 9.64 Å². The number of methoxy groups -OCH3 is 1. The molecule has 2 aliphatic rings. The first-order valence-electron chi connectivity index (χ1n) is 12.2. The number of amides is 1. The minimum absolute atomic E-state index is 0.145. The molecule has 1 saturated heterocycles. The van der Waals surface area contributed by atoms with Gasteiger partial charge in [-0.05, 0) is 55.3 Å². The first kappa shape index (κ1) is 22.1. The number of fused-ring (bicyclic) bond motifs is 2. The van der Waals surface area contributed by atoms with Gasteiger partial charge in [0.1, 0.15) is 0 Å². The lowest BCUT2D eigenvalue weighted by atomic mass is 9.95. The molecule has 1 aliphatic carbocycles. The lowest BCUT2D eigenvalue weighted by molar-refractivity contribution is -0.132. The summed E-state index contributed by atoms with van der Waals surface area (Å²) in [6, 6.07) is 17.4. The molecular weight excluding hydrogens is 412 g/mol. The Morgan fingerprint density at radius 1 is 1.15 bits per heavy atom. The van der Waals surface area contributed by atoms with Gasteiger partial charge in [0.25, 0.3) is 0 Å². The van der Waals surface area contributed by atoms with Crippen LogP contribution in [0.1, 0.15) is 29.7 Å². The van der Waals surface area contributed by atoms with E-state index >= 15 is 0 Å². The molecule has 1 atom stereocenters. The Morgan fingerprint density at radius 2 is 1.91 bits per heavy atom. The Morgan fingerprint density at radius 3 is 2.70 bits per heavy atom. The van der Waals surface area contributed by atoms with Crippen molar-refractivity contribution in [1.82, 2.24) is 20.0 Å². The molecule has 0 radical (unpaired) electrons. The fourth-order valence-corrected chi connectivity index (χ4v) is 5.61. The maximum atomic E-state index is 13.3. The van der Waals surface area contributed by atoms with Crippen molar-refractivity contribution in [3.8, 4) is 0 Å². The van der Waals surface area contributed by atoms with Gasteiger partial charge in [-0.25, -0.2) is 0 Å². The molecule has 33 heavy (non-hydrogen) atoms. The van der Waals surface area contributed by atoms with Crippen molar-refractivity contribution < 1.29 is 9.53 Å². The molecule has 1 fully saturated rings. The van der Waals surface area contributed by atoms with Crippen LogP contribution in [0.5, 0.6) is 0 Å². The number of piperidine rings is 1. The number of hydrogen-bond donors (Lipinski definition) is 1. The van der Waals surface area contributed by atoms with Gasteiger partial charge in [-0.3, -0.25) is 14.8 Å². The lowest BCUT2D eigenvalue weighted by Gasteiger charge is -2.38. The normalized spacial score (nSPS) is 19.1. The monoisotopic (exact) mass is 446 g/mol. The second kappa shape index (κ2) is 10.1. The molecule has 2 heterocycles. The third-order valence-corrected chi connectivity index (χ3v) is 7.36. The number of carbonyl (C=O) groups excluding carboxylic acids is 1. The second-order valence-electron chi connectivity index (χ2n) is 9.56. The SMILES string of the molecule is COCCN(C[C@H]1CCCN(C2Cc3ccccc3C2)C1)C(=O)Cc1[nH]nc2ccccc12. The van der Waals surface area contributed by atoms with Gasteiger partial charge in [0.05, 0.1) is 24.2 Å². The highest BCUT2D eigenvalue weighted by Gasteiger charge is 2.31. The Balaban J connectivity index is 1.23. The highest BCUT2D eigenvalue weighted by molar-refractivity contribution is 5.87. The van der Waals surface area contributed by atoms with Gasteiger partial charge in [-0.15, -0.1) is 0 Å². The number of aromatic nitrogens is 2. The molecule has 0 bridgehead atoms. The van der Waals surface area contributed by atoms with E-state index in [1.807, 2.05) is 29.2 Å².